The standard InChI is InChI=1S/C20H24ClN3O2S2/c1-26-19(25)16-17(22-12-13-8-10-14(21)11-9-13)23-20(27-2)24-18(16)28-15-6-4-3-5-7-15/h8-11,15H,3-7,12H2,1-2H3,(H,22,23,24). The minimum Gasteiger partial charge on any atom is -0.465 e. The Bertz CT molecular complexity index is 812. The van der Waals surface area contributed by atoms with Gasteiger partial charge in [0, 0.05) is 16.8 Å². The Kier molecular flexibility index (Phi) is 7.88. The van der Waals surface area contributed by atoms with Crippen molar-refractivity contribution < 1.29 is 9.53 Å². The molecule has 0 saturated heterocycles. The fourth-order valence-corrected chi connectivity index (χ4v) is 5.01. The van der Waals surface area contributed by atoms with Crippen molar-refractivity contribution in [1.82, 2.24) is 9.97 Å². The predicted molar refractivity (Wildman–Crippen MR) is 117 cm³/mol. The highest BCUT2D eigenvalue weighted by Crippen LogP contribution is 2.37. The summed E-state index contributed by atoms with van der Waals surface area (Å²) in [6.45, 7) is 0.527. The zero-order chi connectivity index (χ0) is 19.9. The zero-order valence-corrected chi connectivity index (χ0v) is 18.4. The van der Waals surface area contributed by atoms with Gasteiger partial charge in [-0.25, -0.2) is 14.8 Å². The lowest BCUT2D eigenvalue weighted by Gasteiger charge is -2.22. The molecule has 1 aliphatic carbocycles. The van der Waals surface area contributed by atoms with Gasteiger partial charge in [-0.1, -0.05) is 54.8 Å². The second kappa shape index (κ2) is 10.4. The Morgan fingerprint density at radius 3 is 2.57 bits per heavy atom. The van der Waals surface area contributed by atoms with E-state index in [1.54, 1.807) is 11.8 Å². The molecular weight excluding hydrogens is 414 g/mol. The van der Waals surface area contributed by atoms with Crippen LogP contribution in [-0.2, 0) is 11.3 Å². The van der Waals surface area contributed by atoms with Crippen LogP contribution in [-0.4, -0.2) is 34.6 Å². The molecule has 3 rings (SSSR count). The van der Waals surface area contributed by atoms with E-state index in [0.29, 0.717) is 38.4 Å². The highest BCUT2D eigenvalue weighted by Gasteiger charge is 2.25. The van der Waals surface area contributed by atoms with E-state index in [0.717, 1.165) is 18.4 Å². The minimum absolute atomic E-state index is 0.412. The van der Waals surface area contributed by atoms with E-state index in [4.69, 9.17) is 16.3 Å². The van der Waals surface area contributed by atoms with Crippen molar-refractivity contribution in [2.75, 3.05) is 18.7 Å². The monoisotopic (exact) mass is 437 g/mol. The van der Waals surface area contributed by atoms with Crippen LogP contribution in [0.15, 0.2) is 34.4 Å². The summed E-state index contributed by atoms with van der Waals surface area (Å²) >= 11 is 9.10. The van der Waals surface area contributed by atoms with E-state index in [9.17, 15) is 4.79 Å². The van der Waals surface area contributed by atoms with Gasteiger partial charge in [-0.2, -0.15) is 0 Å². The van der Waals surface area contributed by atoms with Crippen molar-refractivity contribution in [3.63, 3.8) is 0 Å². The summed E-state index contributed by atoms with van der Waals surface area (Å²) in [5, 5.41) is 5.81. The van der Waals surface area contributed by atoms with Crippen LogP contribution in [0.4, 0.5) is 5.82 Å². The van der Waals surface area contributed by atoms with Gasteiger partial charge in [0.05, 0.1) is 7.11 Å². The number of hydrogen-bond acceptors (Lipinski definition) is 7. The van der Waals surface area contributed by atoms with E-state index in [1.165, 1.54) is 38.1 Å². The summed E-state index contributed by atoms with van der Waals surface area (Å²) in [6, 6.07) is 7.58. The number of rotatable bonds is 7. The number of nitrogens with zero attached hydrogens (tertiary/aromatic N) is 2. The summed E-state index contributed by atoms with van der Waals surface area (Å²) in [7, 11) is 1.39. The molecule has 1 heterocycles. The average molecular weight is 438 g/mol. The Labute approximate surface area is 179 Å². The van der Waals surface area contributed by atoms with Crippen LogP contribution in [0.2, 0.25) is 5.02 Å². The number of esters is 1. The molecule has 1 aromatic carbocycles. The molecule has 1 fully saturated rings. The Morgan fingerprint density at radius 2 is 1.93 bits per heavy atom. The summed E-state index contributed by atoms with van der Waals surface area (Å²) < 4.78 is 5.05. The molecule has 1 saturated carbocycles. The van der Waals surface area contributed by atoms with Crippen LogP contribution < -0.4 is 5.32 Å². The van der Waals surface area contributed by atoms with E-state index in [1.807, 2.05) is 30.5 Å². The fourth-order valence-electron chi connectivity index (χ4n) is 3.14. The number of thioether (sulfide) groups is 2. The highest BCUT2D eigenvalue weighted by molar-refractivity contribution is 8.00. The number of benzene rings is 1. The molecule has 0 amide bonds. The van der Waals surface area contributed by atoms with Crippen LogP contribution in [0, 0.1) is 0 Å². The fraction of sp³-hybridized carbons (Fsp3) is 0.450. The first-order chi connectivity index (χ1) is 13.6. The third-order valence-corrected chi connectivity index (χ3v) is 6.75. The summed E-state index contributed by atoms with van der Waals surface area (Å²) in [6.07, 6.45) is 7.98. The number of ether oxygens (including phenoxy) is 1. The van der Waals surface area contributed by atoms with Crippen molar-refractivity contribution in [3.8, 4) is 0 Å². The zero-order valence-electron chi connectivity index (χ0n) is 16.0. The maximum absolute atomic E-state index is 12.6. The van der Waals surface area contributed by atoms with Crippen LogP contribution in [0.5, 0.6) is 0 Å². The van der Waals surface area contributed by atoms with Gasteiger partial charge in [-0.3, -0.25) is 0 Å². The lowest BCUT2D eigenvalue weighted by Crippen LogP contribution is -2.16. The van der Waals surface area contributed by atoms with Crippen molar-refractivity contribution in [1.29, 1.82) is 0 Å². The van der Waals surface area contributed by atoms with E-state index in [-0.39, 0.29) is 0 Å². The molecule has 1 aliphatic rings. The topological polar surface area (TPSA) is 64.1 Å². The van der Waals surface area contributed by atoms with Crippen molar-refractivity contribution in [2.24, 2.45) is 0 Å². The Hall–Kier alpha value is -1.44. The van der Waals surface area contributed by atoms with Gasteiger partial charge in [0.15, 0.2) is 5.16 Å². The summed E-state index contributed by atoms with van der Waals surface area (Å²) in [4.78, 5) is 21.8. The Balaban J connectivity index is 1.90. The van der Waals surface area contributed by atoms with Crippen molar-refractivity contribution in [3.05, 3.63) is 40.4 Å². The quantitative estimate of drug-likeness (QED) is 0.259. The molecule has 5 nitrogen and oxygen atoms in total. The number of carbonyl (C=O) groups excluding carboxylic acids is 1. The molecule has 2 aromatic rings. The predicted octanol–water partition coefficient (Wildman–Crippen LogP) is 5.68. The summed E-state index contributed by atoms with van der Waals surface area (Å²) in [5.41, 5.74) is 1.47. The molecule has 0 aliphatic heterocycles. The van der Waals surface area contributed by atoms with Gasteiger partial charge in [-0.05, 0) is 36.8 Å². The molecule has 1 aromatic heterocycles. The second-order valence-electron chi connectivity index (χ2n) is 6.59. The van der Waals surface area contributed by atoms with Gasteiger partial charge in [0.2, 0.25) is 0 Å². The van der Waals surface area contributed by atoms with Gasteiger partial charge < -0.3 is 10.1 Å². The number of aromatic nitrogens is 2. The number of anilines is 1. The van der Waals surface area contributed by atoms with Crippen molar-refractivity contribution >= 4 is 46.9 Å². The van der Waals surface area contributed by atoms with Gasteiger partial charge in [0.25, 0.3) is 0 Å². The number of hydrogen-bond donors (Lipinski definition) is 1. The van der Waals surface area contributed by atoms with Gasteiger partial charge in [0.1, 0.15) is 16.4 Å². The normalized spacial score (nSPS) is 14.7. The molecular formula is C20H24ClN3O2S2. The maximum Gasteiger partial charge on any atom is 0.344 e. The number of carbonyl (C=O) groups is 1. The lowest BCUT2D eigenvalue weighted by atomic mass is 10.0. The van der Waals surface area contributed by atoms with Gasteiger partial charge >= 0.3 is 5.97 Å². The Morgan fingerprint density at radius 1 is 1.21 bits per heavy atom. The van der Waals surface area contributed by atoms with Crippen LogP contribution in [0.3, 0.4) is 0 Å². The smallest absolute Gasteiger partial charge is 0.344 e. The molecule has 0 bridgehead atoms. The molecule has 1 N–H and O–H groups in total. The highest BCUT2D eigenvalue weighted by atomic mass is 35.5. The van der Waals surface area contributed by atoms with E-state index < -0.39 is 5.97 Å². The average Bonchev–Trinajstić information content (AvgIpc) is 2.73. The largest absolute Gasteiger partial charge is 0.465 e. The molecule has 150 valence electrons. The number of methoxy groups -OCH3 is 1. The molecule has 0 spiro atoms. The molecule has 0 unspecified atom stereocenters. The lowest BCUT2D eigenvalue weighted by molar-refractivity contribution is 0.0596. The first kappa shape index (κ1) is 21.3. The first-order valence-corrected chi connectivity index (χ1v) is 11.8. The van der Waals surface area contributed by atoms with E-state index in [2.05, 4.69) is 15.3 Å². The van der Waals surface area contributed by atoms with E-state index >= 15 is 0 Å². The summed E-state index contributed by atoms with van der Waals surface area (Å²) in [5.74, 6) is 0.101. The van der Waals surface area contributed by atoms with Gasteiger partial charge in [-0.15, -0.1) is 11.8 Å². The van der Waals surface area contributed by atoms with Crippen LogP contribution in [0.1, 0.15) is 48.0 Å². The van der Waals surface area contributed by atoms with Crippen molar-refractivity contribution in [2.45, 2.75) is 54.1 Å². The number of nitrogens with one attached hydrogen (secondary N) is 1. The van der Waals surface area contributed by atoms with Crippen LogP contribution >= 0.6 is 35.1 Å². The third kappa shape index (κ3) is 5.55. The minimum atomic E-state index is -0.412. The van der Waals surface area contributed by atoms with Crippen LogP contribution in [0.25, 0.3) is 0 Å². The molecule has 0 atom stereocenters. The molecule has 0 radical (unpaired) electrons. The SMILES string of the molecule is COC(=O)c1c(NCc2ccc(Cl)cc2)nc(SC)nc1SC1CCCCC1. The first-order valence-electron chi connectivity index (χ1n) is 9.30. The third-order valence-electron chi connectivity index (χ3n) is 4.63. The molecule has 28 heavy (non-hydrogen) atoms. The maximum atomic E-state index is 12.6. The second-order valence-corrected chi connectivity index (χ2v) is 9.09. The molecule has 8 heteroatoms. The number of halogens is 1.